The molecule has 4 rings (SSSR count). The summed E-state index contributed by atoms with van der Waals surface area (Å²) in [5, 5.41) is 13.3. The molecule has 2 atom stereocenters. The summed E-state index contributed by atoms with van der Waals surface area (Å²) < 4.78 is 17.7. The number of hydrogen-bond donors (Lipinski definition) is 2. The highest BCUT2D eigenvalue weighted by molar-refractivity contribution is 6.30. The third kappa shape index (κ3) is 6.74. The van der Waals surface area contributed by atoms with E-state index in [0.717, 1.165) is 17.5 Å². The number of halogens is 1. The molecule has 7 nitrogen and oxygen atoms in total. The van der Waals surface area contributed by atoms with Gasteiger partial charge < -0.3 is 24.3 Å². The summed E-state index contributed by atoms with van der Waals surface area (Å²) in [7, 11) is 0. The van der Waals surface area contributed by atoms with E-state index in [2.05, 4.69) is 10.3 Å². The third-order valence-electron chi connectivity index (χ3n) is 5.42. The highest BCUT2D eigenvalue weighted by Gasteiger charge is 2.20. The van der Waals surface area contributed by atoms with E-state index in [1.807, 2.05) is 54.6 Å². The summed E-state index contributed by atoms with van der Waals surface area (Å²) in [6.45, 7) is 2.93. The molecule has 0 fully saturated rings. The highest BCUT2D eigenvalue weighted by atomic mass is 35.5. The van der Waals surface area contributed by atoms with Crippen LogP contribution in [-0.2, 0) is 11.2 Å². The van der Waals surface area contributed by atoms with Gasteiger partial charge in [-0.15, -0.1) is 0 Å². The maximum Gasteiger partial charge on any atom is 0.344 e. The van der Waals surface area contributed by atoms with Crippen LogP contribution >= 0.6 is 11.6 Å². The number of para-hydroxylation sites is 2. The zero-order chi connectivity index (χ0) is 24.6. The number of aromatic nitrogens is 1. The fraction of sp³-hybridized carbons (Fsp3) is 0.259. The average Bonchev–Trinajstić information content (AvgIpc) is 3.30. The standard InChI is InChI=1S/C27H27ClN2O5/c1-2-23(27(31)32)34-21-7-5-6-18(16-21)14-15-29-17-25(33-20-12-10-19(28)11-13-20)26-30-22-8-3-4-9-24(22)35-26/h3-13,16,23,25,29H,2,14-15,17H2,1H3,(H,31,32). The lowest BCUT2D eigenvalue weighted by Crippen LogP contribution is -2.27. The number of carbonyl (C=O) groups is 1. The maximum absolute atomic E-state index is 11.3. The van der Waals surface area contributed by atoms with Crippen molar-refractivity contribution in [3.8, 4) is 11.5 Å². The molecule has 0 bridgehead atoms. The number of aliphatic carboxylic acids is 1. The van der Waals surface area contributed by atoms with Crippen LogP contribution in [0.3, 0.4) is 0 Å². The molecule has 0 saturated carbocycles. The molecule has 0 aliphatic rings. The molecular weight excluding hydrogens is 468 g/mol. The molecule has 0 aliphatic heterocycles. The molecule has 2 N–H and O–H groups in total. The Morgan fingerprint density at radius 3 is 2.60 bits per heavy atom. The second kappa shape index (κ2) is 11.7. The van der Waals surface area contributed by atoms with Crippen LogP contribution in [0.5, 0.6) is 11.5 Å². The summed E-state index contributed by atoms with van der Waals surface area (Å²) >= 11 is 6.01. The summed E-state index contributed by atoms with van der Waals surface area (Å²) in [6, 6.07) is 22.3. The predicted octanol–water partition coefficient (Wildman–Crippen LogP) is 5.68. The van der Waals surface area contributed by atoms with Crippen molar-refractivity contribution in [2.45, 2.75) is 32.0 Å². The minimum atomic E-state index is -0.967. The van der Waals surface area contributed by atoms with Crippen LogP contribution in [0.25, 0.3) is 11.1 Å². The van der Waals surface area contributed by atoms with Crippen molar-refractivity contribution in [2.75, 3.05) is 13.1 Å². The van der Waals surface area contributed by atoms with Crippen LogP contribution in [0.4, 0.5) is 0 Å². The van der Waals surface area contributed by atoms with Crippen LogP contribution < -0.4 is 14.8 Å². The Balaban J connectivity index is 1.39. The summed E-state index contributed by atoms with van der Waals surface area (Å²) in [6.07, 6.45) is -0.182. The van der Waals surface area contributed by atoms with Gasteiger partial charge in [0.05, 0.1) is 0 Å². The smallest absolute Gasteiger partial charge is 0.344 e. The lowest BCUT2D eigenvalue weighted by Gasteiger charge is -2.17. The molecule has 2 unspecified atom stereocenters. The Bertz CT molecular complexity index is 1220. The van der Waals surface area contributed by atoms with E-state index < -0.39 is 18.2 Å². The van der Waals surface area contributed by atoms with Gasteiger partial charge in [-0.2, -0.15) is 0 Å². The number of benzene rings is 3. The molecule has 182 valence electrons. The fourth-order valence-electron chi connectivity index (χ4n) is 3.60. The summed E-state index contributed by atoms with van der Waals surface area (Å²) in [5.41, 5.74) is 2.51. The van der Waals surface area contributed by atoms with E-state index in [0.29, 0.717) is 47.5 Å². The zero-order valence-corrected chi connectivity index (χ0v) is 20.1. The Hall–Kier alpha value is -3.55. The maximum atomic E-state index is 11.3. The molecule has 1 heterocycles. The van der Waals surface area contributed by atoms with Gasteiger partial charge in [-0.3, -0.25) is 0 Å². The molecule has 8 heteroatoms. The number of rotatable bonds is 12. The summed E-state index contributed by atoms with van der Waals surface area (Å²) in [4.78, 5) is 15.9. The third-order valence-corrected chi connectivity index (χ3v) is 5.67. The number of carboxylic acid groups (broad SMARTS) is 1. The molecule has 1 aromatic heterocycles. The normalized spacial score (nSPS) is 12.9. The number of fused-ring (bicyclic) bond motifs is 1. The minimum Gasteiger partial charge on any atom is -0.479 e. The Kier molecular flexibility index (Phi) is 8.23. The molecule has 0 spiro atoms. The summed E-state index contributed by atoms with van der Waals surface area (Å²) in [5.74, 6) is 0.734. The number of ether oxygens (including phenoxy) is 2. The zero-order valence-electron chi connectivity index (χ0n) is 19.3. The minimum absolute atomic E-state index is 0.395. The first-order valence-corrected chi connectivity index (χ1v) is 11.9. The molecule has 0 amide bonds. The lowest BCUT2D eigenvalue weighted by molar-refractivity contribution is -0.145. The van der Waals surface area contributed by atoms with Crippen molar-refractivity contribution in [1.29, 1.82) is 0 Å². The van der Waals surface area contributed by atoms with Gasteiger partial charge in [-0.1, -0.05) is 42.8 Å². The van der Waals surface area contributed by atoms with Crippen molar-refractivity contribution in [3.05, 3.63) is 89.3 Å². The van der Waals surface area contributed by atoms with Crippen molar-refractivity contribution >= 4 is 28.7 Å². The van der Waals surface area contributed by atoms with E-state index in [1.54, 1.807) is 25.1 Å². The van der Waals surface area contributed by atoms with Gasteiger partial charge in [0.25, 0.3) is 0 Å². The average molecular weight is 495 g/mol. The number of oxazole rings is 1. The first kappa shape index (κ1) is 24.6. The van der Waals surface area contributed by atoms with Gasteiger partial charge in [-0.05, 0) is 73.5 Å². The van der Waals surface area contributed by atoms with Crippen molar-refractivity contribution in [2.24, 2.45) is 0 Å². The molecule has 4 aromatic rings. The Morgan fingerprint density at radius 1 is 1.06 bits per heavy atom. The number of carboxylic acids is 1. The van der Waals surface area contributed by atoms with Crippen LogP contribution in [0.15, 0.2) is 77.2 Å². The number of nitrogens with zero attached hydrogens (tertiary/aromatic N) is 1. The van der Waals surface area contributed by atoms with Gasteiger partial charge >= 0.3 is 5.97 Å². The molecule has 0 saturated heterocycles. The van der Waals surface area contributed by atoms with Gasteiger partial charge in [-0.25, -0.2) is 9.78 Å². The Morgan fingerprint density at radius 2 is 1.86 bits per heavy atom. The highest BCUT2D eigenvalue weighted by Crippen LogP contribution is 2.26. The topological polar surface area (TPSA) is 93.8 Å². The predicted molar refractivity (Wildman–Crippen MR) is 134 cm³/mol. The SMILES string of the molecule is CCC(Oc1cccc(CCNCC(Oc2ccc(Cl)cc2)c2nc3ccccc3o2)c1)C(=O)O. The van der Waals surface area contributed by atoms with Crippen LogP contribution in [-0.4, -0.2) is 35.3 Å². The second-order valence-corrected chi connectivity index (χ2v) is 8.47. The van der Waals surface area contributed by atoms with E-state index in [1.165, 1.54) is 0 Å². The van der Waals surface area contributed by atoms with E-state index in [9.17, 15) is 9.90 Å². The Labute approximate surface area is 208 Å². The largest absolute Gasteiger partial charge is 0.479 e. The van der Waals surface area contributed by atoms with Gasteiger partial charge in [0.1, 0.15) is 17.0 Å². The van der Waals surface area contributed by atoms with Crippen LogP contribution in [0.1, 0.15) is 30.9 Å². The van der Waals surface area contributed by atoms with Crippen LogP contribution in [0.2, 0.25) is 5.02 Å². The monoisotopic (exact) mass is 494 g/mol. The van der Waals surface area contributed by atoms with Crippen LogP contribution in [0, 0.1) is 0 Å². The van der Waals surface area contributed by atoms with E-state index >= 15 is 0 Å². The van der Waals surface area contributed by atoms with Gasteiger partial charge in [0.2, 0.25) is 5.89 Å². The van der Waals surface area contributed by atoms with Crippen molar-refractivity contribution in [1.82, 2.24) is 10.3 Å². The van der Waals surface area contributed by atoms with E-state index in [4.69, 9.17) is 25.5 Å². The molecule has 3 aromatic carbocycles. The number of nitrogens with one attached hydrogen (secondary N) is 1. The molecule has 35 heavy (non-hydrogen) atoms. The molecular formula is C27H27ClN2O5. The quantitative estimate of drug-likeness (QED) is 0.245. The van der Waals surface area contributed by atoms with Crippen molar-refractivity contribution < 1.29 is 23.8 Å². The lowest BCUT2D eigenvalue weighted by atomic mass is 10.1. The first-order valence-electron chi connectivity index (χ1n) is 11.5. The van der Waals surface area contributed by atoms with Gasteiger partial charge in [0.15, 0.2) is 17.8 Å². The first-order chi connectivity index (χ1) is 17.0. The molecule has 0 aliphatic carbocycles. The molecule has 0 radical (unpaired) electrons. The van der Waals surface area contributed by atoms with Crippen molar-refractivity contribution in [3.63, 3.8) is 0 Å². The van der Waals surface area contributed by atoms with E-state index in [-0.39, 0.29) is 0 Å². The second-order valence-electron chi connectivity index (χ2n) is 8.03. The number of hydrogen-bond acceptors (Lipinski definition) is 6. The fourth-order valence-corrected chi connectivity index (χ4v) is 3.72. The van der Waals surface area contributed by atoms with Gasteiger partial charge in [0, 0.05) is 11.6 Å².